The molecule has 1 heterocycles. The van der Waals surface area contributed by atoms with E-state index in [4.69, 9.17) is 0 Å². The van der Waals surface area contributed by atoms with Crippen LogP contribution in [0, 0.1) is 13.8 Å². The molecule has 0 bridgehead atoms. The van der Waals surface area contributed by atoms with Crippen LogP contribution in [-0.2, 0) is 6.54 Å². The van der Waals surface area contributed by atoms with Crippen LogP contribution < -0.4 is 0 Å². The molecule has 0 spiro atoms. The molecule has 0 atom stereocenters. The van der Waals surface area contributed by atoms with Gasteiger partial charge < -0.3 is 4.57 Å². The van der Waals surface area contributed by atoms with Gasteiger partial charge in [0.25, 0.3) is 0 Å². The third kappa shape index (κ3) is 5.63. The summed E-state index contributed by atoms with van der Waals surface area (Å²) in [6.45, 7) is 7.47. The lowest BCUT2D eigenvalue weighted by Gasteiger charge is -2.20. The maximum atomic E-state index is 2.42. The first-order chi connectivity index (χ1) is 27.0. The molecule has 0 saturated carbocycles. The van der Waals surface area contributed by atoms with Crippen molar-refractivity contribution >= 4 is 43.4 Å². The summed E-state index contributed by atoms with van der Waals surface area (Å²) in [7, 11) is 0. The molecule has 10 rings (SSSR count). The third-order valence-electron chi connectivity index (χ3n) is 11.5. The number of nitrogens with zero attached hydrogens (tertiary/aromatic N) is 1. The molecule has 10 aromatic rings. The Hall–Kier alpha value is -6.70. The lowest BCUT2D eigenvalue weighted by Crippen LogP contribution is -1.93. The first kappa shape index (κ1) is 32.9. The highest BCUT2D eigenvalue weighted by Gasteiger charge is 2.19. The Morgan fingerprint density at radius 2 is 0.709 bits per heavy atom. The van der Waals surface area contributed by atoms with Gasteiger partial charge in [-0.1, -0.05) is 163 Å². The molecule has 0 radical (unpaired) electrons. The molecule has 262 valence electrons. The zero-order valence-electron chi connectivity index (χ0n) is 31.5. The van der Waals surface area contributed by atoms with Crippen molar-refractivity contribution in [3.05, 3.63) is 193 Å². The fraction of sp³-hybridized carbons (Fsp3) is 0.0741. The standard InChI is InChI=1S/C54H41N/c1-4-55-51-13-9-8-12-45(51)48-32-44(28-31-52(48)55)39-22-24-41(25-23-39)54-47-30-27-42(37-18-14-35(2)15-19-37)33-49(47)53(40-10-6-5-7-11-40)46-29-26-43(34-50(46)54)38-20-16-36(3)17-21-38/h5-34H,4H2,1-3H3. The van der Waals surface area contributed by atoms with E-state index >= 15 is 0 Å². The highest BCUT2D eigenvalue weighted by atomic mass is 15.0. The van der Waals surface area contributed by atoms with E-state index in [1.165, 1.54) is 110 Å². The molecule has 1 nitrogen and oxygen atoms in total. The highest BCUT2D eigenvalue weighted by Crippen LogP contribution is 2.46. The zero-order chi connectivity index (χ0) is 37.0. The number of fused-ring (bicyclic) bond motifs is 5. The van der Waals surface area contributed by atoms with Gasteiger partial charge in [-0.05, 0) is 128 Å². The van der Waals surface area contributed by atoms with Crippen LogP contribution in [0.25, 0.3) is 99.0 Å². The number of rotatable bonds is 6. The quantitative estimate of drug-likeness (QED) is 0.152. The summed E-state index contributed by atoms with van der Waals surface area (Å²) in [4.78, 5) is 0. The van der Waals surface area contributed by atoms with Crippen LogP contribution >= 0.6 is 0 Å². The van der Waals surface area contributed by atoms with Crippen molar-refractivity contribution in [1.29, 1.82) is 0 Å². The maximum Gasteiger partial charge on any atom is 0.0491 e. The van der Waals surface area contributed by atoms with Crippen LogP contribution in [0.5, 0.6) is 0 Å². The number of aromatic nitrogens is 1. The van der Waals surface area contributed by atoms with Gasteiger partial charge in [0, 0.05) is 28.4 Å². The van der Waals surface area contributed by atoms with E-state index < -0.39 is 0 Å². The van der Waals surface area contributed by atoms with Crippen LogP contribution in [0.1, 0.15) is 18.1 Å². The normalized spacial score (nSPS) is 11.6. The Morgan fingerprint density at radius 1 is 0.309 bits per heavy atom. The predicted molar refractivity (Wildman–Crippen MR) is 237 cm³/mol. The van der Waals surface area contributed by atoms with Crippen LogP contribution in [0.2, 0.25) is 0 Å². The molecule has 1 aromatic heterocycles. The minimum Gasteiger partial charge on any atom is -0.341 e. The van der Waals surface area contributed by atoms with Gasteiger partial charge in [0.15, 0.2) is 0 Å². The van der Waals surface area contributed by atoms with Gasteiger partial charge in [-0.3, -0.25) is 0 Å². The van der Waals surface area contributed by atoms with E-state index in [2.05, 4.69) is 207 Å². The Labute approximate surface area is 322 Å². The third-order valence-corrected chi connectivity index (χ3v) is 11.5. The summed E-state index contributed by atoms with van der Waals surface area (Å²) in [5.41, 5.74) is 17.4. The fourth-order valence-electron chi connectivity index (χ4n) is 8.71. The smallest absolute Gasteiger partial charge is 0.0491 e. The van der Waals surface area contributed by atoms with E-state index in [-0.39, 0.29) is 0 Å². The van der Waals surface area contributed by atoms with Crippen LogP contribution in [0.4, 0.5) is 0 Å². The number of hydrogen-bond donors (Lipinski definition) is 0. The fourth-order valence-corrected chi connectivity index (χ4v) is 8.71. The molecule has 0 fully saturated rings. The predicted octanol–water partition coefficient (Wildman–Crippen LogP) is 15.1. The summed E-state index contributed by atoms with van der Waals surface area (Å²) >= 11 is 0. The Kier molecular flexibility index (Phi) is 7.96. The molecule has 0 aliphatic rings. The summed E-state index contributed by atoms with van der Waals surface area (Å²) in [5.74, 6) is 0. The topological polar surface area (TPSA) is 4.93 Å². The molecule has 0 unspecified atom stereocenters. The zero-order valence-corrected chi connectivity index (χ0v) is 31.5. The van der Waals surface area contributed by atoms with Crippen molar-refractivity contribution in [3.63, 3.8) is 0 Å². The molecule has 9 aromatic carbocycles. The van der Waals surface area contributed by atoms with Crippen LogP contribution in [0.15, 0.2) is 182 Å². The van der Waals surface area contributed by atoms with Crippen molar-refractivity contribution in [2.45, 2.75) is 27.3 Å². The first-order valence-electron chi connectivity index (χ1n) is 19.4. The lowest BCUT2D eigenvalue weighted by atomic mass is 9.83. The summed E-state index contributed by atoms with van der Waals surface area (Å²) in [6.07, 6.45) is 0. The SMILES string of the molecule is CCn1c2ccccc2c2cc(-c3ccc(-c4c5ccc(-c6ccc(C)cc6)cc5c(-c5ccccc5)c5ccc(-c6ccc(C)cc6)cc45)cc3)ccc21. The molecular weight excluding hydrogens is 663 g/mol. The van der Waals surface area contributed by atoms with E-state index in [0.29, 0.717) is 0 Å². The van der Waals surface area contributed by atoms with E-state index in [9.17, 15) is 0 Å². The van der Waals surface area contributed by atoms with Crippen LogP contribution in [0.3, 0.4) is 0 Å². The number of benzene rings is 9. The second-order valence-corrected chi connectivity index (χ2v) is 14.9. The average Bonchev–Trinajstić information content (AvgIpc) is 3.56. The maximum absolute atomic E-state index is 2.42. The van der Waals surface area contributed by atoms with Gasteiger partial charge in [-0.25, -0.2) is 0 Å². The minimum atomic E-state index is 0.946. The van der Waals surface area contributed by atoms with Gasteiger partial charge in [0.1, 0.15) is 0 Å². The van der Waals surface area contributed by atoms with Crippen molar-refractivity contribution in [1.82, 2.24) is 4.57 Å². The Morgan fingerprint density at radius 3 is 1.25 bits per heavy atom. The van der Waals surface area contributed by atoms with Crippen molar-refractivity contribution in [3.8, 4) is 55.6 Å². The van der Waals surface area contributed by atoms with Gasteiger partial charge in [-0.15, -0.1) is 0 Å². The Bertz CT molecular complexity index is 3040. The second-order valence-electron chi connectivity index (χ2n) is 14.9. The average molecular weight is 704 g/mol. The molecule has 0 amide bonds. The molecule has 55 heavy (non-hydrogen) atoms. The van der Waals surface area contributed by atoms with Gasteiger partial charge >= 0.3 is 0 Å². The van der Waals surface area contributed by atoms with E-state index in [1.807, 2.05) is 0 Å². The summed E-state index contributed by atoms with van der Waals surface area (Å²) in [6, 6.07) is 67.9. The van der Waals surface area contributed by atoms with Gasteiger partial charge in [-0.2, -0.15) is 0 Å². The van der Waals surface area contributed by atoms with E-state index in [0.717, 1.165) is 6.54 Å². The molecule has 0 N–H and O–H groups in total. The van der Waals surface area contributed by atoms with Crippen molar-refractivity contribution in [2.24, 2.45) is 0 Å². The number of hydrogen-bond acceptors (Lipinski definition) is 0. The summed E-state index contributed by atoms with van der Waals surface area (Å²) < 4.78 is 2.42. The van der Waals surface area contributed by atoms with Crippen molar-refractivity contribution in [2.75, 3.05) is 0 Å². The highest BCUT2D eigenvalue weighted by molar-refractivity contribution is 6.22. The Balaban J connectivity index is 1.21. The van der Waals surface area contributed by atoms with Gasteiger partial charge in [0.2, 0.25) is 0 Å². The number of para-hydroxylation sites is 1. The molecule has 0 aliphatic carbocycles. The second kappa shape index (κ2) is 13.3. The van der Waals surface area contributed by atoms with E-state index in [1.54, 1.807) is 0 Å². The summed E-state index contributed by atoms with van der Waals surface area (Å²) in [5, 5.41) is 7.65. The van der Waals surface area contributed by atoms with Gasteiger partial charge in [0.05, 0.1) is 0 Å². The lowest BCUT2D eigenvalue weighted by molar-refractivity contribution is 0.827. The van der Waals surface area contributed by atoms with Crippen LogP contribution in [-0.4, -0.2) is 4.57 Å². The molecule has 1 heteroatoms. The molecular formula is C54H41N. The number of aryl methyl sites for hydroxylation is 3. The first-order valence-corrected chi connectivity index (χ1v) is 19.4. The minimum absolute atomic E-state index is 0.946. The largest absolute Gasteiger partial charge is 0.341 e. The molecule has 0 saturated heterocycles. The molecule has 0 aliphatic heterocycles. The van der Waals surface area contributed by atoms with Crippen molar-refractivity contribution < 1.29 is 0 Å². The monoisotopic (exact) mass is 703 g/mol.